The van der Waals surface area contributed by atoms with Gasteiger partial charge in [-0.3, -0.25) is 0 Å². The van der Waals surface area contributed by atoms with E-state index in [1.165, 1.54) is 70.9 Å². The van der Waals surface area contributed by atoms with Crippen molar-refractivity contribution in [3.05, 3.63) is 0 Å². The van der Waals surface area contributed by atoms with Gasteiger partial charge >= 0.3 is 0 Å². The first kappa shape index (κ1) is 14.8. The third kappa shape index (κ3) is 3.75. The van der Waals surface area contributed by atoms with E-state index in [0.717, 1.165) is 25.4 Å². The van der Waals surface area contributed by atoms with E-state index < -0.39 is 5.60 Å². The maximum Gasteiger partial charge on any atom is 0.0771 e. The summed E-state index contributed by atoms with van der Waals surface area (Å²) in [4.78, 5) is 2.72. The van der Waals surface area contributed by atoms with Crippen LogP contribution in [0.15, 0.2) is 0 Å². The van der Waals surface area contributed by atoms with Gasteiger partial charge in [0.05, 0.1) is 5.60 Å². The maximum atomic E-state index is 10.6. The third-order valence-electron chi connectivity index (χ3n) is 5.87. The minimum atomic E-state index is -0.402. The average Bonchev–Trinajstić information content (AvgIpc) is 3.01. The molecule has 3 rings (SSSR count). The molecule has 20 heavy (non-hydrogen) atoms. The van der Waals surface area contributed by atoms with Crippen molar-refractivity contribution in [2.75, 3.05) is 19.6 Å². The molecule has 0 spiro atoms. The molecule has 2 aliphatic carbocycles. The summed E-state index contributed by atoms with van der Waals surface area (Å²) in [6.07, 6.45) is 14.0. The summed E-state index contributed by atoms with van der Waals surface area (Å²) in [6.45, 7) is 3.35. The van der Waals surface area contributed by atoms with Crippen LogP contribution < -0.4 is 5.32 Å². The summed E-state index contributed by atoms with van der Waals surface area (Å²) in [6, 6.07) is 1.53. The molecular formula is C17H32N2O. The molecule has 1 heterocycles. The van der Waals surface area contributed by atoms with Crippen LogP contribution in [0.1, 0.15) is 70.6 Å². The van der Waals surface area contributed by atoms with Gasteiger partial charge in [-0.2, -0.15) is 0 Å². The van der Waals surface area contributed by atoms with Crippen LogP contribution in [0.4, 0.5) is 0 Å². The molecule has 3 heteroatoms. The lowest BCUT2D eigenvalue weighted by atomic mass is 9.84. The zero-order valence-corrected chi connectivity index (χ0v) is 12.9. The Morgan fingerprint density at radius 2 is 1.55 bits per heavy atom. The molecule has 0 bridgehead atoms. The van der Waals surface area contributed by atoms with Gasteiger partial charge in [0.15, 0.2) is 0 Å². The van der Waals surface area contributed by atoms with Gasteiger partial charge in [-0.25, -0.2) is 0 Å². The van der Waals surface area contributed by atoms with E-state index in [4.69, 9.17) is 0 Å². The SMILES string of the molecule is OC1(CNC2CCN(C3CCCC3)CC2)CCCCC1. The first-order valence-electron chi connectivity index (χ1n) is 8.95. The molecule has 0 radical (unpaired) electrons. The molecule has 0 atom stereocenters. The molecule has 1 aliphatic heterocycles. The summed E-state index contributed by atoms with van der Waals surface area (Å²) in [5.41, 5.74) is -0.402. The van der Waals surface area contributed by atoms with Crippen molar-refractivity contribution in [2.24, 2.45) is 0 Å². The summed E-state index contributed by atoms with van der Waals surface area (Å²) in [7, 11) is 0. The Labute approximate surface area is 124 Å². The smallest absolute Gasteiger partial charge is 0.0771 e. The predicted octanol–water partition coefficient (Wildman–Crippen LogP) is 2.68. The number of nitrogens with zero attached hydrogens (tertiary/aromatic N) is 1. The zero-order chi connectivity index (χ0) is 13.8. The van der Waals surface area contributed by atoms with Gasteiger partial charge in [0.25, 0.3) is 0 Å². The highest BCUT2D eigenvalue weighted by Gasteiger charge is 2.31. The molecule has 3 aliphatic rings. The summed E-state index contributed by atoms with van der Waals surface area (Å²) in [5, 5.41) is 14.2. The molecule has 3 nitrogen and oxygen atoms in total. The number of aliphatic hydroxyl groups is 1. The normalized spacial score (nSPS) is 29.9. The van der Waals surface area contributed by atoms with E-state index >= 15 is 0 Å². The lowest BCUT2D eigenvalue weighted by Crippen LogP contribution is -2.50. The number of piperidine rings is 1. The molecule has 116 valence electrons. The van der Waals surface area contributed by atoms with E-state index in [9.17, 15) is 5.11 Å². The fraction of sp³-hybridized carbons (Fsp3) is 1.00. The summed E-state index contributed by atoms with van der Waals surface area (Å²) in [5.74, 6) is 0. The van der Waals surface area contributed by atoms with Crippen LogP contribution in [0.2, 0.25) is 0 Å². The topological polar surface area (TPSA) is 35.5 Å². The van der Waals surface area contributed by atoms with Crippen molar-refractivity contribution in [1.82, 2.24) is 10.2 Å². The maximum absolute atomic E-state index is 10.6. The van der Waals surface area contributed by atoms with Crippen molar-refractivity contribution in [3.63, 3.8) is 0 Å². The molecule has 0 aromatic rings. The fourth-order valence-corrected chi connectivity index (χ4v) is 4.46. The van der Waals surface area contributed by atoms with Crippen molar-refractivity contribution < 1.29 is 5.11 Å². The fourth-order valence-electron chi connectivity index (χ4n) is 4.46. The predicted molar refractivity (Wildman–Crippen MR) is 82.9 cm³/mol. The van der Waals surface area contributed by atoms with Crippen LogP contribution in [0.25, 0.3) is 0 Å². The highest BCUT2D eigenvalue weighted by molar-refractivity contribution is 4.88. The second-order valence-electron chi connectivity index (χ2n) is 7.41. The average molecular weight is 280 g/mol. The molecule has 2 saturated carbocycles. The van der Waals surface area contributed by atoms with Crippen molar-refractivity contribution in [1.29, 1.82) is 0 Å². The molecule has 2 N–H and O–H groups in total. The minimum Gasteiger partial charge on any atom is -0.389 e. The lowest BCUT2D eigenvalue weighted by Gasteiger charge is -2.38. The molecule has 0 amide bonds. The van der Waals surface area contributed by atoms with Crippen LogP contribution in [0.5, 0.6) is 0 Å². The van der Waals surface area contributed by atoms with Crippen molar-refractivity contribution >= 4 is 0 Å². The van der Waals surface area contributed by atoms with Crippen molar-refractivity contribution in [2.45, 2.75) is 88.3 Å². The van der Waals surface area contributed by atoms with Crippen LogP contribution in [0, 0.1) is 0 Å². The second-order valence-corrected chi connectivity index (χ2v) is 7.41. The van der Waals surface area contributed by atoms with E-state index in [1.54, 1.807) is 0 Å². The van der Waals surface area contributed by atoms with Gasteiger partial charge in [0.2, 0.25) is 0 Å². The van der Waals surface area contributed by atoms with Gasteiger partial charge in [-0.05, 0) is 51.6 Å². The van der Waals surface area contributed by atoms with Crippen LogP contribution in [-0.2, 0) is 0 Å². The molecule has 0 unspecified atom stereocenters. The number of hydrogen-bond donors (Lipinski definition) is 2. The van der Waals surface area contributed by atoms with E-state index in [0.29, 0.717) is 6.04 Å². The largest absolute Gasteiger partial charge is 0.389 e. The highest BCUT2D eigenvalue weighted by atomic mass is 16.3. The molecule has 0 aromatic carbocycles. The monoisotopic (exact) mass is 280 g/mol. The van der Waals surface area contributed by atoms with Gasteiger partial charge in [0.1, 0.15) is 0 Å². The minimum absolute atomic E-state index is 0.402. The summed E-state index contributed by atoms with van der Waals surface area (Å²) < 4.78 is 0. The number of nitrogens with one attached hydrogen (secondary N) is 1. The van der Waals surface area contributed by atoms with Gasteiger partial charge in [-0.1, -0.05) is 32.1 Å². The number of hydrogen-bond acceptors (Lipinski definition) is 3. The van der Waals surface area contributed by atoms with Gasteiger partial charge < -0.3 is 15.3 Å². The molecule has 0 aromatic heterocycles. The standard InChI is InChI=1S/C17H32N2O/c20-17(10-4-1-5-11-17)14-18-15-8-12-19(13-9-15)16-6-2-3-7-16/h15-16,18,20H,1-14H2. The molecular weight excluding hydrogens is 248 g/mol. The van der Waals surface area contributed by atoms with Crippen LogP contribution in [-0.4, -0.2) is 47.3 Å². The van der Waals surface area contributed by atoms with Gasteiger partial charge in [0, 0.05) is 18.6 Å². The Kier molecular flexibility index (Phi) is 5.00. The lowest BCUT2D eigenvalue weighted by molar-refractivity contribution is 0.000208. The molecule has 3 fully saturated rings. The van der Waals surface area contributed by atoms with E-state index in [2.05, 4.69) is 10.2 Å². The van der Waals surface area contributed by atoms with Gasteiger partial charge in [-0.15, -0.1) is 0 Å². The molecule has 1 saturated heterocycles. The van der Waals surface area contributed by atoms with Crippen LogP contribution in [0.3, 0.4) is 0 Å². The Hall–Kier alpha value is -0.120. The number of likely N-dealkylation sites (tertiary alicyclic amines) is 1. The number of rotatable bonds is 4. The van der Waals surface area contributed by atoms with Crippen LogP contribution >= 0.6 is 0 Å². The Bertz CT molecular complexity index is 287. The second kappa shape index (κ2) is 6.76. The highest BCUT2D eigenvalue weighted by Crippen LogP contribution is 2.29. The first-order valence-corrected chi connectivity index (χ1v) is 8.95. The third-order valence-corrected chi connectivity index (χ3v) is 5.87. The van der Waals surface area contributed by atoms with E-state index in [1.807, 2.05) is 0 Å². The Balaban J connectivity index is 1.37. The summed E-state index contributed by atoms with van der Waals surface area (Å²) >= 11 is 0. The Morgan fingerprint density at radius 3 is 2.20 bits per heavy atom. The van der Waals surface area contributed by atoms with Crippen molar-refractivity contribution in [3.8, 4) is 0 Å². The first-order chi connectivity index (χ1) is 9.75. The zero-order valence-electron chi connectivity index (χ0n) is 12.9. The Morgan fingerprint density at radius 1 is 0.900 bits per heavy atom. The van der Waals surface area contributed by atoms with E-state index in [-0.39, 0.29) is 0 Å². The quantitative estimate of drug-likeness (QED) is 0.831.